The standard InChI is InChI=1S/C19H22N2O4S/c1-13-11-18(14(2)10-17(13)25-3)26(23,24)20-15-6-4-7-16(12-15)21-9-5-8-19(21)22/h4,6-7,10-12,20H,5,8-9H2,1-3H3. The van der Waals surface area contributed by atoms with Gasteiger partial charge in [0, 0.05) is 18.7 Å². The fourth-order valence-electron chi connectivity index (χ4n) is 3.14. The molecule has 0 unspecified atom stereocenters. The van der Waals surface area contributed by atoms with Crippen molar-refractivity contribution in [3.63, 3.8) is 0 Å². The molecule has 1 fully saturated rings. The average molecular weight is 374 g/mol. The fourth-order valence-corrected chi connectivity index (χ4v) is 4.50. The topological polar surface area (TPSA) is 75.7 Å². The zero-order valence-electron chi connectivity index (χ0n) is 15.1. The highest BCUT2D eigenvalue weighted by atomic mass is 32.2. The van der Waals surface area contributed by atoms with Crippen LogP contribution in [0.3, 0.4) is 0 Å². The first-order valence-electron chi connectivity index (χ1n) is 8.40. The lowest BCUT2D eigenvalue weighted by Crippen LogP contribution is -2.23. The van der Waals surface area contributed by atoms with E-state index in [-0.39, 0.29) is 10.8 Å². The number of rotatable bonds is 5. The molecule has 2 aromatic carbocycles. The zero-order chi connectivity index (χ0) is 18.9. The van der Waals surface area contributed by atoms with Gasteiger partial charge in [-0.25, -0.2) is 8.42 Å². The Morgan fingerprint density at radius 1 is 1.12 bits per heavy atom. The van der Waals surface area contributed by atoms with Gasteiger partial charge in [-0.3, -0.25) is 9.52 Å². The number of carbonyl (C=O) groups excluding carboxylic acids is 1. The molecule has 0 aliphatic carbocycles. The van der Waals surface area contributed by atoms with E-state index in [1.165, 1.54) is 0 Å². The molecule has 6 nitrogen and oxygen atoms in total. The van der Waals surface area contributed by atoms with Gasteiger partial charge in [0.05, 0.1) is 17.7 Å². The van der Waals surface area contributed by atoms with Gasteiger partial charge < -0.3 is 9.64 Å². The van der Waals surface area contributed by atoms with Gasteiger partial charge in [0.2, 0.25) is 5.91 Å². The lowest BCUT2D eigenvalue weighted by Gasteiger charge is -2.18. The second-order valence-electron chi connectivity index (χ2n) is 6.39. The summed E-state index contributed by atoms with van der Waals surface area (Å²) in [4.78, 5) is 13.8. The van der Waals surface area contributed by atoms with E-state index >= 15 is 0 Å². The number of carbonyl (C=O) groups is 1. The maximum Gasteiger partial charge on any atom is 0.262 e. The van der Waals surface area contributed by atoms with Gasteiger partial charge in [-0.2, -0.15) is 0 Å². The second kappa shape index (κ2) is 6.99. The number of ether oxygens (including phenoxy) is 1. The number of nitrogens with zero attached hydrogens (tertiary/aromatic N) is 1. The lowest BCUT2D eigenvalue weighted by molar-refractivity contribution is -0.117. The Kier molecular flexibility index (Phi) is 4.91. The van der Waals surface area contributed by atoms with Gasteiger partial charge >= 0.3 is 0 Å². The highest BCUT2D eigenvalue weighted by molar-refractivity contribution is 7.92. The Morgan fingerprint density at radius 3 is 2.54 bits per heavy atom. The van der Waals surface area contributed by atoms with Crippen molar-refractivity contribution in [3.05, 3.63) is 47.5 Å². The van der Waals surface area contributed by atoms with E-state index in [1.807, 2.05) is 6.07 Å². The number of hydrogen-bond donors (Lipinski definition) is 1. The normalized spacial score (nSPS) is 14.6. The van der Waals surface area contributed by atoms with Gasteiger partial charge in [0.25, 0.3) is 10.0 Å². The van der Waals surface area contributed by atoms with Crippen LogP contribution in [0, 0.1) is 13.8 Å². The smallest absolute Gasteiger partial charge is 0.262 e. The van der Waals surface area contributed by atoms with Crippen LogP contribution >= 0.6 is 0 Å². The van der Waals surface area contributed by atoms with E-state index in [0.29, 0.717) is 35.7 Å². The molecule has 1 heterocycles. The van der Waals surface area contributed by atoms with Crippen molar-refractivity contribution < 1.29 is 17.9 Å². The number of aryl methyl sites for hydroxylation is 2. The minimum absolute atomic E-state index is 0.0617. The van der Waals surface area contributed by atoms with Crippen molar-refractivity contribution in [2.45, 2.75) is 31.6 Å². The molecule has 138 valence electrons. The molecular formula is C19H22N2O4S. The van der Waals surface area contributed by atoms with Crippen LogP contribution in [-0.2, 0) is 14.8 Å². The number of benzene rings is 2. The molecule has 0 saturated carbocycles. The number of hydrogen-bond acceptors (Lipinski definition) is 4. The molecular weight excluding hydrogens is 352 g/mol. The summed E-state index contributed by atoms with van der Waals surface area (Å²) < 4.78 is 33.5. The Labute approximate surface area is 153 Å². The summed E-state index contributed by atoms with van der Waals surface area (Å²) in [5, 5.41) is 0. The van der Waals surface area contributed by atoms with Crippen LogP contribution in [0.1, 0.15) is 24.0 Å². The van der Waals surface area contributed by atoms with Gasteiger partial charge in [-0.05, 0) is 61.7 Å². The summed E-state index contributed by atoms with van der Waals surface area (Å²) in [6.45, 7) is 4.19. The molecule has 2 aromatic rings. The summed E-state index contributed by atoms with van der Waals surface area (Å²) in [6.07, 6.45) is 1.35. The van der Waals surface area contributed by atoms with Gasteiger partial charge in [0.15, 0.2) is 0 Å². The second-order valence-corrected chi connectivity index (χ2v) is 8.04. The first kappa shape index (κ1) is 18.3. The summed E-state index contributed by atoms with van der Waals surface area (Å²) >= 11 is 0. The van der Waals surface area contributed by atoms with Crippen LogP contribution in [0.4, 0.5) is 11.4 Å². The van der Waals surface area contributed by atoms with Crippen LogP contribution in [0.15, 0.2) is 41.3 Å². The summed E-state index contributed by atoms with van der Waals surface area (Å²) in [5.74, 6) is 0.711. The van der Waals surface area contributed by atoms with Crippen molar-refractivity contribution in [3.8, 4) is 5.75 Å². The highest BCUT2D eigenvalue weighted by Crippen LogP contribution is 2.29. The zero-order valence-corrected chi connectivity index (χ0v) is 15.9. The van der Waals surface area contributed by atoms with Crippen molar-refractivity contribution in [1.82, 2.24) is 0 Å². The van der Waals surface area contributed by atoms with E-state index < -0.39 is 10.0 Å². The molecule has 3 rings (SSSR count). The maximum absolute atomic E-state index is 12.8. The first-order chi connectivity index (χ1) is 12.3. The van der Waals surface area contributed by atoms with Crippen molar-refractivity contribution in [1.29, 1.82) is 0 Å². The molecule has 0 spiro atoms. The van der Waals surface area contributed by atoms with E-state index in [9.17, 15) is 13.2 Å². The highest BCUT2D eigenvalue weighted by Gasteiger charge is 2.23. The van der Waals surface area contributed by atoms with Crippen molar-refractivity contribution in [2.75, 3.05) is 23.3 Å². The number of sulfonamides is 1. The Bertz CT molecular complexity index is 954. The van der Waals surface area contributed by atoms with Gasteiger partial charge in [0.1, 0.15) is 5.75 Å². The molecule has 0 radical (unpaired) electrons. The number of nitrogens with one attached hydrogen (secondary N) is 1. The Hall–Kier alpha value is -2.54. The summed E-state index contributed by atoms with van der Waals surface area (Å²) in [7, 11) is -2.20. The molecule has 1 amide bonds. The maximum atomic E-state index is 12.8. The third-order valence-corrected chi connectivity index (χ3v) is 5.99. The predicted molar refractivity (Wildman–Crippen MR) is 101 cm³/mol. The van der Waals surface area contributed by atoms with Gasteiger partial charge in [-0.15, -0.1) is 0 Å². The molecule has 1 N–H and O–H groups in total. The van der Waals surface area contributed by atoms with Crippen LogP contribution in [0.25, 0.3) is 0 Å². The van der Waals surface area contributed by atoms with E-state index in [2.05, 4.69) is 4.72 Å². The monoisotopic (exact) mass is 374 g/mol. The molecule has 0 atom stereocenters. The van der Waals surface area contributed by atoms with Crippen LogP contribution in [0.5, 0.6) is 5.75 Å². The average Bonchev–Trinajstić information content (AvgIpc) is 3.02. The molecule has 1 saturated heterocycles. The van der Waals surface area contributed by atoms with Gasteiger partial charge in [-0.1, -0.05) is 6.07 Å². The fraction of sp³-hybridized carbons (Fsp3) is 0.316. The molecule has 0 aromatic heterocycles. The largest absolute Gasteiger partial charge is 0.496 e. The van der Waals surface area contributed by atoms with Crippen LogP contribution in [0.2, 0.25) is 0 Å². The molecule has 26 heavy (non-hydrogen) atoms. The molecule has 0 bridgehead atoms. The minimum atomic E-state index is -3.75. The van der Waals surface area contributed by atoms with Crippen LogP contribution in [-0.4, -0.2) is 28.0 Å². The number of anilines is 2. The van der Waals surface area contributed by atoms with E-state index in [4.69, 9.17) is 4.74 Å². The third-order valence-electron chi connectivity index (χ3n) is 4.47. The Balaban J connectivity index is 1.91. The van der Waals surface area contributed by atoms with E-state index in [1.54, 1.807) is 56.2 Å². The predicted octanol–water partition coefficient (Wildman–Crippen LogP) is 3.24. The third kappa shape index (κ3) is 3.53. The molecule has 1 aliphatic heterocycles. The number of methoxy groups -OCH3 is 1. The van der Waals surface area contributed by atoms with Crippen LogP contribution < -0.4 is 14.4 Å². The number of amides is 1. The SMILES string of the molecule is COc1cc(C)c(S(=O)(=O)Nc2cccc(N3CCCC3=O)c2)cc1C. The van der Waals surface area contributed by atoms with Crippen molar-refractivity contribution >= 4 is 27.3 Å². The Morgan fingerprint density at radius 2 is 1.88 bits per heavy atom. The van der Waals surface area contributed by atoms with E-state index in [0.717, 1.165) is 12.0 Å². The minimum Gasteiger partial charge on any atom is -0.496 e. The first-order valence-corrected chi connectivity index (χ1v) is 9.88. The molecule has 7 heteroatoms. The lowest BCUT2D eigenvalue weighted by atomic mass is 10.1. The van der Waals surface area contributed by atoms with Crippen molar-refractivity contribution in [2.24, 2.45) is 0 Å². The quantitative estimate of drug-likeness (QED) is 0.872. The summed E-state index contributed by atoms with van der Waals surface area (Å²) in [6, 6.07) is 10.2. The summed E-state index contributed by atoms with van der Waals surface area (Å²) in [5.41, 5.74) is 2.48. The molecule has 1 aliphatic rings.